The fourth-order valence-corrected chi connectivity index (χ4v) is 2.39. The van der Waals surface area contributed by atoms with Crippen LogP contribution in [0.2, 0.25) is 0 Å². The van der Waals surface area contributed by atoms with Crippen molar-refractivity contribution in [2.75, 3.05) is 0 Å². The molecule has 2 rings (SSSR count). The van der Waals surface area contributed by atoms with Crippen molar-refractivity contribution in [3.63, 3.8) is 0 Å². The minimum Gasteiger partial charge on any atom is -0.456 e. The maximum atomic E-state index is 12.4. The van der Waals surface area contributed by atoms with Crippen LogP contribution in [0, 0.1) is 11.3 Å². The molecule has 0 unspecified atom stereocenters. The topological polar surface area (TPSA) is 43.4 Å². The first kappa shape index (κ1) is 12.8. The Balaban J connectivity index is 2.38. The van der Waals surface area contributed by atoms with Crippen LogP contribution in [0.15, 0.2) is 30.3 Å². The summed E-state index contributed by atoms with van der Waals surface area (Å²) in [4.78, 5) is 24.3. The Morgan fingerprint density at radius 1 is 1.17 bits per heavy atom. The number of ketones is 1. The van der Waals surface area contributed by atoms with Gasteiger partial charge in [-0.25, -0.2) is 0 Å². The van der Waals surface area contributed by atoms with Crippen LogP contribution in [0.3, 0.4) is 0 Å². The van der Waals surface area contributed by atoms with Gasteiger partial charge < -0.3 is 4.74 Å². The van der Waals surface area contributed by atoms with E-state index >= 15 is 0 Å². The molecule has 0 N–H and O–H groups in total. The van der Waals surface area contributed by atoms with Crippen molar-refractivity contribution in [3.8, 4) is 0 Å². The molecule has 3 nitrogen and oxygen atoms in total. The number of carbonyl (C=O) groups is 2. The monoisotopic (exact) mass is 246 g/mol. The van der Waals surface area contributed by atoms with Gasteiger partial charge in [-0.3, -0.25) is 9.59 Å². The Labute approximate surface area is 107 Å². The van der Waals surface area contributed by atoms with E-state index in [0.29, 0.717) is 6.42 Å². The van der Waals surface area contributed by atoms with Crippen LogP contribution >= 0.6 is 0 Å². The number of cyclic esters (lactones) is 1. The highest BCUT2D eigenvalue weighted by Gasteiger charge is 2.50. The van der Waals surface area contributed by atoms with Crippen molar-refractivity contribution in [2.24, 2.45) is 11.3 Å². The van der Waals surface area contributed by atoms with Gasteiger partial charge in [0, 0.05) is 0 Å². The van der Waals surface area contributed by atoms with Crippen LogP contribution in [-0.2, 0) is 14.3 Å². The molecule has 1 saturated heterocycles. The van der Waals surface area contributed by atoms with Gasteiger partial charge in [-0.2, -0.15) is 0 Å². The lowest BCUT2D eigenvalue weighted by Crippen LogP contribution is -2.47. The lowest BCUT2D eigenvalue weighted by Gasteiger charge is -2.37. The summed E-state index contributed by atoms with van der Waals surface area (Å²) in [6, 6.07) is 9.47. The van der Waals surface area contributed by atoms with E-state index < -0.39 is 17.5 Å². The zero-order valence-electron chi connectivity index (χ0n) is 11.0. The quantitative estimate of drug-likeness (QED) is 0.595. The van der Waals surface area contributed by atoms with Gasteiger partial charge in [0.05, 0.1) is 5.92 Å². The largest absolute Gasteiger partial charge is 0.456 e. The predicted octanol–water partition coefficient (Wildman–Crippen LogP) is 2.91. The van der Waals surface area contributed by atoms with E-state index in [0.717, 1.165) is 5.56 Å². The number of benzene rings is 1. The molecule has 3 heteroatoms. The molecule has 0 bridgehead atoms. The zero-order chi connectivity index (χ0) is 13.3. The molecular weight excluding hydrogens is 228 g/mol. The lowest BCUT2D eigenvalue weighted by molar-refractivity contribution is -0.179. The van der Waals surface area contributed by atoms with Crippen molar-refractivity contribution >= 4 is 11.8 Å². The van der Waals surface area contributed by atoms with Crippen LogP contribution in [-0.4, -0.2) is 11.8 Å². The molecule has 1 aliphatic rings. The molecule has 0 saturated carbocycles. The van der Waals surface area contributed by atoms with Crippen molar-refractivity contribution in [3.05, 3.63) is 35.9 Å². The SMILES string of the molecule is CC[C@H]1C(=O)C(C)(C)C(=O)O[C@H]1c1ccccc1. The number of hydrogen-bond donors (Lipinski definition) is 0. The number of carbonyl (C=O) groups excluding carboxylic acids is 2. The minimum atomic E-state index is -1.02. The minimum absolute atomic E-state index is 0.0184. The molecule has 1 heterocycles. The fraction of sp³-hybridized carbons (Fsp3) is 0.467. The molecule has 1 aromatic rings. The summed E-state index contributed by atoms with van der Waals surface area (Å²) in [7, 11) is 0. The van der Waals surface area contributed by atoms with Gasteiger partial charge in [0.25, 0.3) is 0 Å². The van der Waals surface area contributed by atoms with Crippen LogP contribution < -0.4 is 0 Å². The first-order valence-corrected chi connectivity index (χ1v) is 6.28. The van der Waals surface area contributed by atoms with Crippen LogP contribution in [0.4, 0.5) is 0 Å². The predicted molar refractivity (Wildman–Crippen MR) is 67.8 cm³/mol. The van der Waals surface area contributed by atoms with E-state index in [1.165, 1.54) is 0 Å². The summed E-state index contributed by atoms with van der Waals surface area (Å²) >= 11 is 0. The Bertz CT molecular complexity index is 462. The molecule has 0 radical (unpaired) electrons. The summed E-state index contributed by atoms with van der Waals surface area (Å²) in [5.41, 5.74) is -0.132. The van der Waals surface area contributed by atoms with Crippen LogP contribution in [0.1, 0.15) is 38.9 Å². The maximum Gasteiger partial charge on any atom is 0.319 e. The number of ether oxygens (including phenoxy) is 1. The molecule has 96 valence electrons. The fourth-order valence-electron chi connectivity index (χ4n) is 2.39. The van der Waals surface area contributed by atoms with Crippen molar-refractivity contribution in [1.29, 1.82) is 0 Å². The van der Waals surface area contributed by atoms with Gasteiger partial charge in [-0.15, -0.1) is 0 Å². The van der Waals surface area contributed by atoms with Crippen molar-refractivity contribution in [2.45, 2.75) is 33.3 Å². The number of esters is 1. The Morgan fingerprint density at radius 3 is 2.33 bits per heavy atom. The molecular formula is C15H18O3. The Kier molecular flexibility index (Phi) is 3.24. The second kappa shape index (κ2) is 4.56. The van der Waals surface area contributed by atoms with E-state index in [1.54, 1.807) is 13.8 Å². The highest BCUT2D eigenvalue weighted by Crippen LogP contribution is 2.41. The molecule has 1 aromatic carbocycles. The molecule has 1 aliphatic heterocycles. The zero-order valence-corrected chi connectivity index (χ0v) is 11.0. The van der Waals surface area contributed by atoms with Gasteiger partial charge in [-0.05, 0) is 25.8 Å². The van der Waals surface area contributed by atoms with Crippen molar-refractivity contribution < 1.29 is 14.3 Å². The van der Waals surface area contributed by atoms with E-state index in [4.69, 9.17) is 4.74 Å². The van der Waals surface area contributed by atoms with E-state index in [2.05, 4.69) is 0 Å². The first-order chi connectivity index (χ1) is 8.48. The normalized spacial score (nSPS) is 26.8. The molecule has 18 heavy (non-hydrogen) atoms. The third-order valence-corrected chi connectivity index (χ3v) is 3.63. The Morgan fingerprint density at radius 2 is 1.78 bits per heavy atom. The van der Waals surface area contributed by atoms with Gasteiger partial charge in [0.15, 0.2) is 5.78 Å². The van der Waals surface area contributed by atoms with E-state index in [9.17, 15) is 9.59 Å². The van der Waals surface area contributed by atoms with Crippen molar-refractivity contribution in [1.82, 2.24) is 0 Å². The highest BCUT2D eigenvalue weighted by molar-refractivity contribution is 6.06. The summed E-state index contributed by atoms with van der Waals surface area (Å²) < 4.78 is 5.50. The highest BCUT2D eigenvalue weighted by atomic mass is 16.5. The molecule has 0 aliphatic carbocycles. The molecule has 0 aromatic heterocycles. The summed E-state index contributed by atoms with van der Waals surface area (Å²) in [6.45, 7) is 5.23. The van der Waals surface area contributed by atoms with E-state index in [1.807, 2.05) is 37.3 Å². The summed E-state index contributed by atoms with van der Waals surface area (Å²) in [6.07, 6.45) is 0.235. The van der Waals surface area contributed by atoms with Gasteiger partial charge in [0.2, 0.25) is 0 Å². The second-order valence-electron chi connectivity index (χ2n) is 5.24. The average molecular weight is 246 g/mol. The summed E-state index contributed by atoms with van der Waals surface area (Å²) in [5, 5.41) is 0. The smallest absolute Gasteiger partial charge is 0.319 e. The number of hydrogen-bond acceptors (Lipinski definition) is 3. The van der Waals surface area contributed by atoms with Crippen LogP contribution in [0.25, 0.3) is 0 Å². The third-order valence-electron chi connectivity index (χ3n) is 3.63. The van der Waals surface area contributed by atoms with E-state index in [-0.39, 0.29) is 11.7 Å². The van der Waals surface area contributed by atoms with Gasteiger partial charge in [0.1, 0.15) is 11.5 Å². The molecule has 0 spiro atoms. The van der Waals surface area contributed by atoms with Gasteiger partial charge in [-0.1, -0.05) is 37.3 Å². The number of Topliss-reactive ketones (excluding diaryl/α,β-unsaturated/α-hetero) is 1. The molecule has 2 atom stereocenters. The summed E-state index contributed by atoms with van der Waals surface area (Å²) in [5.74, 6) is -0.693. The van der Waals surface area contributed by atoms with Crippen LogP contribution in [0.5, 0.6) is 0 Å². The maximum absolute atomic E-state index is 12.4. The third kappa shape index (κ3) is 1.94. The standard InChI is InChI=1S/C15H18O3/c1-4-11-12(10-8-6-5-7-9-10)18-14(17)15(2,3)13(11)16/h5-9,11-12H,4H2,1-3H3/t11-,12+/m1/s1. The second-order valence-corrected chi connectivity index (χ2v) is 5.24. The average Bonchev–Trinajstić information content (AvgIpc) is 2.37. The first-order valence-electron chi connectivity index (χ1n) is 6.28. The molecule has 0 amide bonds. The Hall–Kier alpha value is -1.64. The molecule has 1 fully saturated rings. The van der Waals surface area contributed by atoms with Gasteiger partial charge >= 0.3 is 5.97 Å². The number of rotatable bonds is 2. The lowest BCUT2D eigenvalue weighted by atomic mass is 9.74.